The van der Waals surface area contributed by atoms with Crippen molar-refractivity contribution < 1.29 is 0 Å². The van der Waals surface area contributed by atoms with Crippen LogP contribution in [0.3, 0.4) is 0 Å². The van der Waals surface area contributed by atoms with Crippen molar-refractivity contribution in [2.24, 2.45) is 0 Å². The van der Waals surface area contributed by atoms with E-state index >= 15 is 0 Å². The highest BCUT2D eigenvalue weighted by atomic mass is 14.4. The van der Waals surface area contributed by atoms with Gasteiger partial charge in [0.15, 0.2) is 0 Å². The second-order valence-electron chi connectivity index (χ2n) is 16.3. The van der Waals surface area contributed by atoms with Gasteiger partial charge in [-0.05, 0) is 142 Å². The average molecular weight is 653 g/mol. The second kappa shape index (κ2) is 10.3. The summed E-state index contributed by atoms with van der Waals surface area (Å²) in [4.78, 5) is 0. The van der Waals surface area contributed by atoms with E-state index in [1.54, 1.807) is 5.56 Å². The van der Waals surface area contributed by atoms with E-state index in [9.17, 15) is 0 Å². The lowest BCUT2D eigenvalue weighted by atomic mass is 9.59. The van der Waals surface area contributed by atoms with Crippen molar-refractivity contribution in [1.82, 2.24) is 0 Å². The molecule has 0 spiro atoms. The van der Waals surface area contributed by atoms with Crippen LogP contribution in [0.25, 0.3) is 60.2 Å². The number of benzene rings is 7. The van der Waals surface area contributed by atoms with Crippen LogP contribution < -0.4 is 0 Å². The van der Waals surface area contributed by atoms with E-state index < -0.39 is 0 Å². The molecule has 0 nitrogen and oxygen atoms in total. The van der Waals surface area contributed by atoms with E-state index in [0.29, 0.717) is 0 Å². The normalized spacial score (nSPS) is 19.5. The molecule has 0 saturated carbocycles. The summed E-state index contributed by atoms with van der Waals surface area (Å²) in [6, 6.07) is 46.3. The zero-order chi connectivity index (χ0) is 34.1. The van der Waals surface area contributed by atoms with E-state index in [1.165, 1.54) is 99.1 Å². The molecule has 0 amide bonds. The number of allylic oxidation sites excluding steroid dienone is 5. The quantitative estimate of drug-likeness (QED) is 0.167. The summed E-state index contributed by atoms with van der Waals surface area (Å²) in [5, 5.41) is 8.39. The summed E-state index contributed by atoms with van der Waals surface area (Å²) in [6.07, 6.45) is 11.6. The number of fused-ring (bicyclic) bond motifs is 3. The molecule has 0 N–H and O–H groups in total. The van der Waals surface area contributed by atoms with Crippen molar-refractivity contribution >= 4 is 49.0 Å². The molecule has 4 aliphatic rings. The molecule has 51 heavy (non-hydrogen) atoms. The molecule has 1 atom stereocenters. The lowest BCUT2D eigenvalue weighted by Crippen LogP contribution is -2.32. The Labute approximate surface area is 300 Å². The predicted molar refractivity (Wildman–Crippen MR) is 217 cm³/mol. The van der Waals surface area contributed by atoms with Gasteiger partial charge in [-0.1, -0.05) is 154 Å². The molecule has 0 heteroatoms. The highest BCUT2D eigenvalue weighted by molar-refractivity contribution is 6.28. The maximum absolute atomic E-state index is 2.54. The summed E-state index contributed by atoms with van der Waals surface area (Å²) < 4.78 is 0. The molecule has 0 heterocycles. The molecular formula is C51H40. The minimum Gasteiger partial charge on any atom is -0.0792 e. The van der Waals surface area contributed by atoms with Crippen LogP contribution in [0.4, 0.5) is 0 Å². The number of rotatable bonds is 3. The second-order valence-corrected chi connectivity index (χ2v) is 16.3. The van der Waals surface area contributed by atoms with Crippen LogP contribution in [0.2, 0.25) is 0 Å². The van der Waals surface area contributed by atoms with Crippen molar-refractivity contribution in [1.29, 1.82) is 0 Å². The lowest BCUT2D eigenvalue weighted by Gasteiger charge is -2.44. The van der Waals surface area contributed by atoms with Gasteiger partial charge in [-0.3, -0.25) is 0 Å². The third-order valence-corrected chi connectivity index (χ3v) is 12.9. The van der Waals surface area contributed by atoms with Gasteiger partial charge in [-0.15, -0.1) is 0 Å². The van der Waals surface area contributed by atoms with Gasteiger partial charge in [0, 0.05) is 5.41 Å². The van der Waals surface area contributed by atoms with Gasteiger partial charge in [-0.2, -0.15) is 0 Å². The zero-order valence-corrected chi connectivity index (χ0v) is 29.6. The minimum absolute atomic E-state index is 0.0535. The Morgan fingerprint density at radius 1 is 0.510 bits per heavy atom. The van der Waals surface area contributed by atoms with E-state index in [1.807, 2.05) is 0 Å². The smallest absolute Gasteiger partial charge is 0.0221 e. The molecule has 244 valence electrons. The molecule has 0 bridgehead atoms. The monoisotopic (exact) mass is 652 g/mol. The summed E-state index contributed by atoms with van der Waals surface area (Å²) in [5.41, 5.74) is 18.5. The molecule has 0 saturated heterocycles. The molecule has 0 aromatic heterocycles. The Morgan fingerprint density at radius 3 is 2.12 bits per heavy atom. The number of hydrogen-bond donors (Lipinski definition) is 0. The van der Waals surface area contributed by atoms with Gasteiger partial charge in [0.25, 0.3) is 0 Å². The third kappa shape index (κ3) is 4.02. The molecule has 11 rings (SSSR count). The topological polar surface area (TPSA) is 0 Å². The zero-order valence-electron chi connectivity index (χ0n) is 29.6. The van der Waals surface area contributed by atoms with Gasteiger partial charge in [0.2, 0.25) is 0 Å². The van der Waals surface area contributed by atoms with Crippen LogP contribution >= 0.6 is 0 Å². The summed E-state index contributed by atoms with van der Waals surface area (Å²) in [5.74, 6) is 0. The van der Waals surface area contributed by atoms with Crippen LogP contribution in [0.5, 0.6) is 0 Å². The fourth-order valence-corrected chi connectivity index (χ4v) is 10.5. The lowest BCUT2D eigenvalue weighted by molar-refractivity contribution is 0.525. The Bertz CT molecular complexity index is 2750. The Morgan fingerprint density at radius 2 is 1.27 bits per heavy atom. The molecule has 0 radical (unpaired) electrons. The minimum atomic E-state index is -0.0535. The van der Waals surface area contributed by atoms with E-state index in [2.05, 4.69) is 160 Å². The van der Waals surface area contributed by atoms with Crippen LogP contribution in [-0.4, -0.2) is 0 Å². The van der Waals surface area contributed by atoms with Crippen molar-refractivity contribution in [3.8, 4) is 11.1 Å². The Hall–Kier alpha value is -5.46. The predicted octanol–water partition coefficient (Wildman–Crippen LogP) is 13.2. The fourth-order valence-electron chi connectivity index (χ4n) is 10.5. The first-order valence-corrected chi connectivity index (χ1v) is 18.7. The van der Waals surface area contributed by atoms with Gasteiger partial charge >= 0.3 is 0 Å². The van der Waals surface area contributed by atoms with Gasteiger partial charge in [0.1, 0.15) is 0 Å². The van der Waals surface area contributed by atoms with Gasteiger partial charge < -0.3 is 0 Å². The van der Waals surface area contributed by atoms with Crippen molar-refractivity contribution in [2.45, 2.75) is 57.3 Å². The van der Waals surface area contributed by atoms with Crippen LogP contribution in [-0.2, 0) is 23.7 Å². The first kappa shape index (κ1) is 29.3. The van der Waals surface area contributed by atoms with Crippen molar-refractivity contribution in [3.63, 3.8) is 0 Å². The first-order chi connectivity index (χ1) is 24.9. The van der Waals surface area contributed by atoms with Crippen LogP contribution in [0.1, 0.15) is 78.1 Å². The van der Waals surface area contributed by atoms with Gasteiger partial charge in [0.05, 0.1) is 0 Å². The molecule has 4 aliphatic carbocycles. The molecule has 1 unspecified atom stereocenters. The van der Waals surface area contributed by atoms with E-state index in [-0.39, 0.29) is 10.8 Å². The molecular weight excluding hydrogens is 613 g/mol. The molecule has 7 aromatic carbocycles. The van der Waals surface area contributed by atoms with Crippen molar-refractivity contribution in [2.75, 3.05) is 0 Å². The molecule has 0 aliphatic heterocycles. The Kier molecular flexibility index (Phi) is 5.92. The van der Waals surface area contributed by atoms with Crippen molar-refractivity contribution in [3.05, 3.63) is 184 Å². The summed E-state index contributed by atoms with van der Waals surface area (Å²) in [6.45, 7) is 7.30. The standard InChI is InChI=1S/C51H40/c1-50(2)30-37-11-7-12-41-43-29-36(21-24-39(43)40-13-8-14-45(50)48(40)46(37)41)31-15-17-33(18-16-31)44-26-22-35-20-25-42-38(32-9-5-4-6-10-32)23-19-34-27-28-51(44,3)49(35)47(34)42/h4-18,20-21,23-27,29H,19,22,28,30H2,1-3H3. The van der Waals surface area contributed by atoms with Gasteiger partial charge in [-0.25, -0.2) is 0 Å². The SMILES string of the molecule is CC1(C)Cc2cccc3c4cc(-c5ccc(C6=CCc7ccc8c9c7C6(C)CC=C9CC=C8c6ccccc6)cc5)ccc4c4cccc1c4c23. The summed E-state index contributed by atoms with van der Waals surface area (Å²) >= 11 is 0. The van der Waals surface area contributed by atoms with E-state index in [4.69, 9.17) is 0 Å². The fraction of sp³-hybridized carbons (Fsp3) is 0.176. The van der Waals surface area contributed by atoms with Crippen LogP contribution in [0.15, 0.2) is 140 Å². The maximum atomic E-state index is 2.54. The number of hydrogen-bond acceptors (Lipinski definition) is 0. The average Bonchev–Trinajstić information content (AvgIpc) is 3.16. The first-order valence-electron chi connectivity index (χ1n) is 18.7. The Balaban J connectivity index is 1.00. The molecule has 7 aromatic rings. The maximum Gasteiger partial charge on any atom is 0.0221 e. The molecule has 0 fully saturated rings. The van der Waals surface area contributed by atoms with E-state index in [0.717, 1.165) is 25.7 Å². The largest absolute Gasteiger partial charge is 0.0792 e. The highest BCUT2D eigenvalue weighted by Crippen LogP contribution is 2.55. The summed E-state index contributed by atoms with van der Waals surface area (Å²) in [7, 11) is 0. The highest BCUT2D eigenvalue weighted by Gasteiger charge is 2.42. The van der Waals surface area contributed by atoms with Crippen LogP contribution in [0, 0.1) is 0 Å². The third-order valence-electron chi connectivity index (χ3n) is 12.9.